The van der Waals surface area contributed by atoms with Crippen LogP contribution < -0.4 is 0 Å². The van der Waals surface area contributed by atoms with Crippen LogP contribution in [0.5, 0.6) is 0 Å². The highest BCUT2D eigenvalue weighted by Crippen LogP contribution is 2.32. The molecule has 0 bridgehead atoms. The van der Waals surface area contributed by atoms with Crippen LogP contribution in [0.3, 0.4) is 0 Å². The summed E-state index contributed by atoms with van der Waals surface area (Å²) in [5.74, 6) is 0.898. The second-order valence-electron chi connectivity index (χ2n) is 7.90. The first-order valence-corrected chi connectivity index (χ1v) is 9.82. The number of benzene rings is 1. The molecule has 4 nitrogen and oxygen atoms in total. The van der Waals surface area contributed by atoms with Crippen LogP contribution in [0, 0.1) is 26.7 Å². The molecule has 0 saturated heterocycles. The van der Waals surface area contributed by atoms with Crippen molar-refractivity contribution in [3.05, 3.63) is 46.8 Å². The van der Waals surface area contributed by atoms with E-state index in [2.05, 4.69) is 50.8 Å². The number of fused-ring (bicyclic) bond motifs is 1. The van der Waals surface area contributed by atoms with E-state index in [0.717, 1.165) is 36.1 Å². The van der Waals surface area contributed by atoms with Crippen molar-refractivity contribution in [1.82, 2.24) is 14.5 Å². The van der Waals surface area contributed by atoms with Gasteiger partial charge < -0.3 is 4.42 Å². The number of nitrogens with zero attached hydrogens (tertiary/aromatic N) is 3. The summed E-state index contributed by atoms with van der Waals surface area (Å²) in [5.41, 5.74) is 7.96. The lowest BCUT2D eigenvalue weighted by Crippen LogP contribution is -2.26. The molecule has 0 aliphatic heterocycles. The molecule has 0 spiro atoms. The van der Waals surface area contributed by atoms with Crippen molar-refractivity contribution in [1.29, 1.82) is 0 Å². The third-order valence-electron chi connectivity index (χ3n) is 5.44. The van der Waals surface area contributed by atoms with Gasteiger partial charge in [0, 0.05) is 18.7 Å². The fraction of sp³-hybridized carbons (Fsp3) is 0.500. The predicted octanol–water partition coefficient (Wildman–Crippen LogP) is 5.14. The zero-order valence-corrected chi connectivity index (χ0v) is 16.4. The van der Waals surface area contributed by atoms with E-state index in [9.17, 15) is 0 Å². The number of oxazole rings is 1. The maximum absolute atomic E-state index is 6.01. The van der Waals surface area contributed by atoms with Crippen LogP contribution >= 0.6 is 0 Å². The molecule has 138 valence electrons. The van der Waals surface area contributed by atoms with Crippen LogP contribution in [0.1, 0.15) is 48.6 Å². The van der Waals surface area contributed by atoms with Crippen LogP contribution in [-0.2, 0) is 6.54 Å². The first kappa shape index (κ1) is 17.3. The Hall–Kier alpha value is -2.07. The SMILES string of the molecule is CCCN(Cc1c(C)nn2c(-c3ccc(C)cc3C)coc12)CC1CC1. The van der Waals surface area contributed by atoms with Gasteiger partial charge in [0.2, 0.25) is 5.71 Å². The van der Waals surface area contributed by atoms with E-state index in [-0.39, 0.29) is 0 Å². The van der Waals surface area contributed by atoms with Crippen LogP contribution in [0.4, 0.5) is 0 Å². The molecule has 0 radical (unpaired) electrons. The minimum atomic E-state index is 0.898. The lowest BCUT2D eigenvalue weighted by Gasteiger charge is -2.20. The molecule has 0 N–H and O–H groups in total. The molecular formula is C22H29N3O. The summed E-state index contributed by atoms with van der Waals surface area (Å²) in [4.78, 5) is 2.57. The van der Waals surface area contributed by atoms with Crippen LogP contribution in [0.2, 0.25) is 0 Å². The van der Waals surface area contributed by atoms with Crippen molar-refractivity contribution in [2.24, 2.45) is 5.92 Å². The molecule has 1 fully saturated rings. The molecule has 0 amide bonds. The lowest BCUT2D eigenvalue weighted by molar-refractivity contribution is 0.254. The van der Waals surface area contributed by atoms with E-state index < -0.39 is 0 Å². The molecule has 0 atom stereocenters. The third kappa shape index (κ3) is 3.30. The maximum atomic E-state index is 6.01. The maximum Gasteiger partial charge on any atom is 0.226 e. The normalized spacial score (nSPS) is 14.7. The van der Waals surface area contributed by atoms with Gasteiger partial charge in [-0.05, 0) is 58.1 Å². The first-order valence-electron chi connectivity index (χ1n) is 9.82. The van der Waals surface area contributed by atoms with Gasteiger partial charge in [-0.15, -0.1) is 0 Å². The molecular weight excluding hydrogens is 322 g/mol. The number of aryl methyl sites for hydroxylation is 3. The summed E-state index contributed by atoms with van der Waals surface area (Å²) >= 11 is 0. The monoisotopic (exact) mass is 351 g/mol. The molecule has 2 heterocycles. The van der Waals surface area contributed by atoms with Crippen LogP contribution in [0.15, 0.2) is 28.9 Å². The van der Waals surface area contributed by atoms with E-state index in [0.29, 0.717) is 0 Å². The van der Waals surface area contributed by atoms with Gasteiger partial charge in [0.1, 0.15) is 12.0 Å². The molecule has 1 saturated carbocycles. The fourth-order valence-electron chi connectivity index (χ4n) is 3.89. The molecule has 2 aromatic heterocycles. The van der Waals surface area contributed by atoms with Crippen molar-refractivity contribution in [2.75, 3.05) is 13.1 Å². The minimum Gasteiger partial charge on any atom is -0.444 e. The average Bonchev–Trinajstić information content (AvgIpc) is 3.24. The summed E-state index contributed by atoms with van der Waals surface area (Å²) in [7, 11) is 0. The standard InChI is InChI=1S/C22H29N3O/c1-5-10-24(12-18-7-8-18)13-20-17(4)23-25-21(14-26-22(20)25)19-9-6-15(2)11-16(19)3/h6,9,11,14,18H,5,7-8,10,12-13H2,1-4H3. The van der Waals surface area contributed by atoms with Crippen LogP contribution in [0.25, 0.3) is 17.0 Å². The number of hydrogen-bond acceptors (Lipinski definition) is 3. The van der Waals surface area contributed by atoms with E-state index in [4.69, 9.17) is 9.52 Å². The lowest BCUT2D eigenvalue weighted by atomic mass is 10.0. The Labute approximate surface area is 155 Å². The van der Waals surface area contributed by atoms with Crippen molar-refractivity contribution < 1.29 is 4.42 Å². The predicted molar refractivity (Wildman–Crippen MR) is 105 cm³/mol. The van der Waals surface area contributed by atoms with E-state index in [1.54, 1.807) is 0 Å². The Morgan fingerprint density at radius 3 is 2.73 bits per heavy atom. The molecule has 1 aromatic carbocycles. The number of hydrogen-bond donors (Lipinski definition) is 0. The Morgan fingerprint density at radius 2 is 2.04 bits per heavy atom. The largest absolute Gasteiger partial charge is 0.444 e. The van der Waals surface area contributed by atoms with Gasteiger partial charge in [-0.3, -0.25) is 4.90 Å². The van der Waals surface area contributed by atoms with Gasteiger partial charge in [-0.1, -0.05) is 30.7 Å². The quantitative estimate of drug-likeness (QED) is 0.591. The summed E-state index contributed by atoms with van der Waals surface area (Å²) in [5, 5.41) is 4.82. The Balaban J connectivity index is 1.68. The summed E-state index contributed by atoms with van der Waals surface area (Å²) in [6.45, 7) is 11.9. The second kappa shape index (κ2) is 6.92. The van der Waals surface area contributed by atoms with E-state index >= 15 is 0 Å². The third-order valence-corrected chi connectivity index (χ3v) is 5.44. The molecule has 1 aliphatic rings. The highest BCUT2D eigenvalue weighted by atomic mass is 16.3. The van der Waals surface area contributed by atoms with E-state index in [1.807, 2.05) is 10.8 Å². The van der Waals surface area contributed by atoms with Gasteiger partial charge in [-0.25, -0.2) is 0 Å². The Kier molecular flexibility index (Phi) is 4.62. The second-order valence-corrected chi connectivity index (χ2v) is 7.90. The van der Waals surface area contributed by atoms with Gasteiger partial charge >= 0.3 is 0 Å². The summed E-state index contributed by atoms with van der Waals surface area (Å²) in [6, 6.07) is 6.53. The van der Waals surface area contributed by atoms with E-state index in [1.165, 1.54) is 48.1 Å². The molecule has 4 rings (SSSR count). The highest BCUT2D eigenvalue weighted by molar-refractivity contribution is 5.67. The zero-order valence-electron chi connectivity index (χ0n) is 16.4. The fourth-order valence-corrected chi connectivity index (χ4v) is 3.89. The average molecular weight is 351 g/mol. The molecule has 4 heteroatoms. The van der Waals surface area contributed by atoms with Crippen LogP contribution in [-0.4, -0.2) is 27.6 Å². The van der Waals surface area contributed by atoms with Gasteiger partial charge in [0.25, 0.3) is 0 Å². The van der Waals surface area contributed by atoms with Gasteiger partial charge in [-0.2, -0.15) is 9.61 Å². The Bertz CT molecular complexity index is 917. The highest BCUT2D eigenvalue weighted by Gasteiger charge is 2.26. The van der Waals surface area contributed by atoms with Crippen molar-refractivity contribution in [3.63, 3.8) is 0 Å². The summed E-state index contributed by atoms with van der Waals surface area (Å²) in [6.07, 6.45) is 5.82. The molecule has 0 unspecified atom stereocenters. The minimum absolute atomic E-state index is 0.898. The van der Waals surface area contributed by atoms with Crippen molar-refractivity contribution in [2.45, 2.75) is 53.5 Å². The van der Waals surface area contributed by atoms with Gasteiger partial charge in [0.15, 0.2) is 0 Å². The van der Waals surface area contributed by atoms with Crippen molar-refractivity contribution in [3.8, 4) is 11.3 Å². The number of rotatable bonds is 7. The van der Waals surface area contributed by atoms with Crippen molar-refractivity contribution >= 4 is 5.71 Å². The molecule has 3 aromatic rings. The van der Waals surface area contributed by atoms with Gasteiger partial charge in [0.05, 0.1) is 11.3 Å². The molecule has 1 aliphatic carbocycles. The number of aromatic nitrogens is 2. The molecule has 26 heavy (non-hydrogen) atoms. The smallest absolute Gasteiger partial charge is 0.226 e. The summed E-state index contributed by atoms with van der Waals surface area (Å²) < 4.78 is 8.00. The topological polar surface area (TPSA) is 33.7 Å². The zero-order chi connectivity index (χ0) is 18.3. The Morgan fingerprint density at radius 1 is 1.23 bits per heavy atom. The first-order chi connectivity index (χ1) is 12.6.